The predicted octanol–water partition coefficient (Wildman–Crippen LogP) is 2.41. The monoisotopic (exact) mass is 358 g/mol. The summed E-state index contributed by atoms with van der Waals surface area (Å²) in [5.74, 6) is -0.804. The molecule has 2 aromatic carbocycles. The fourth-order valence-corrected chi connectivity index (χ4v) is 2.78. The lowest BCUT2D eigenvalue weighted by atomic mass is 10.0. The van der Waals surface area contributed by atoms with Crippen LogP contribution in [0.3, 0.4) is 0 Å². The van der Waals surface area contributed by atoms with Crippen LogP contribution in [0.1, 0.15) is 23.9 Å². The van der Waals surface area contributed by atoms with Crippen molar-refractivity contribution < 1.29 is 13.6 Å². The maximum atomic E-state index is 13.9. The molecule has 0 saturated heterocycles. The number of carbonyl (C=O) groups excluding carboxylic acids is 1. The first-order chi connectivity index (χ1) is 12.3. The van der Waals surface area contributed by atoms with E-state index < -0.39 is 23.6 Å². The van der Waals surface area contributed by atoms with Gasteiger partial charge in [-0.25, -0.2) is 13.8 Å². The molecule has 1 aromatic heterocycles. The number of imidazole rings is 1. The number of nitrogens with one attached hydrogen (secondary N) is 1. The summed E-state index contributed by atoms with van der Waals surface area (Å²) in [6.45, 7) is 2.09. The standard InChI is InChI=1S/C19H20F2N4O/c1-11(19(22)26)23-10-18-24-16-6-3-12(8-17(16)25(18)2)7-13-4-5-14(20)9-15(13)21/h3-6,8-9,11,23H,7,10H2,1-2H3,(H2,22,26)/t11-/m0/s1. The maximum Gasteiger partial charge on any atom is 0.234 e. The number of primary amides is 1. The van der Waals surface area contributed by atoms with E-state index in [0.717, 1.165) is 28.5 Å². The minimum absolute atomic E-state index is 0.361. The number of halogens is 2. The second-order valence-electron chi connectivity index (χ2n) is 6.33. The lowest BCUT2D eigenvalue weighted by Crippen LogP contribution is -2.38. The van der Waals surface area contributed by atoms with Crippen molar-refractivity contribution in [2.45, 2.75) is 25.9 Å². The number of nitrogens with two attached hydrogens (primary N) is 1. The normalized spacial score (nSPS) is 12.5. The first-order valence-corrected chi connectivity index (χ1v) is 8.26. The van der Waals surface area contributed by atoms with Crippen molar-refractivity contribution in [1.82, 2.24) is 14.9 Å². The van der Waals surface area contributed by atoms with Gasteiger partial charge >= 0.3 is 0 Å². The van der Waals surface area contributed by atoms with Gasteiger partial charge < -0.3 is 10.3 Å². The average Bonchev–Trinajstić information content (AvgIpc) is 2.91. The predicted molar refractivity (Wildman–Crippen MR) is 95.4 cm³/mol. The van der Waals surface area contributed by atoms with E-state index in [2.05, 4.69) is 10.3 Å². The number of hydrogen-bond acceptors (Lipinski definition) is 3. The van der Waals surface area contributed by atoms with Crippen LogP contribution in [0.15, 0.2) is 36.4 Å². The lowest BCUT2D eigenvalue weighted by molar-refractivity contribution is -0.119. The molecule has 0 aliphatic carbocycles. The minimum Gasteiger partial charge on any atom is -0.368 e. The SMILES string of the molecule is C[C@H](NCc1nc2ccc(Cc3ccc(F)cc3F)cc2n1C)C(N)=O. The Morgan fingerprint density at radius 2 is 2.04 bits per heavy atom. The summed E-state index contributed by atoms with van der Waals surface area (Å²) >= 11 is 0. The molecule has 7 heteroatoms. The van der Waals surface area contributed by atoms with Gasteiger partial charge in [0.25, 0.3) is 0 Å². The summed E-state index contributed by atoms with van der Waals surface area (Å²) < 4.78 is 28.8. The van der Waals surface area contributed by atoms with E-state index in [1.165, 1.54) is 12.1 Å². The highest BCUT2D eigenvalue weighted by Gasteiger charge is 2.13. The zero-order valence-corrected chi connectivity index (χ0v) is 14.6. The second kappa shape index (κ2) is 7.21. The number of nitrogens with zero attached hydrogens (tertiary/aromatic N) is 2. The summed E-state index contributed by atoms with van der Waals surface area (Å²) in [5, 5.41) is 3.02. The molecule has 1 atom stereocenters. The van der Waals surface area contributed by atoms with Gasteiger partial charge in [-0.3, -0.25) is 10.1 Å². The van der Waals surface area contributed by atoms with Crippen LogP contribution in [0.5, 0.6) is 0 Å². The quantitative estimate of drug-likeness (QED) is 0.711. The third-order valence-electron chi connectivity index (χ3n) is 4.44. The van der Waals surface area contributed by atoms with Gasteiger partial charge in [-0.15, -0.1) is 0 Å². The molecular formula is C19H20F2N4O. The van der Waals surface area contributed by atoms with Crippen LogP contribution < -0.4 is 11.1 Å². The first-order valence-electron chi connectivity index (χ1n) is 8.26. The van der Waals surface area contributed by atoms with Crippen LogP contribution in [0, 0.1) is 11.6 Å². The number of fused-ring (bicyclic) bond motifs is 1. The zero-order chi connectivity index (χ0) is 18.8. The Morgan fingerprint density at radius 3 is 2.73 bits per heavy atom. The van der Waals surface area contributed by atoms with Crippen LogP contribution in [0.25, 0.3) is 11.0 Å². The van der Waals surface area contributed by atoms with Crippen LogP contribution in [0.2, 0.25) is 0 Å². The smallest absolute Gasteiger partial charge is 0.234 e. The molecule has 0 spiro atoms. The van der Waals surface area contributed by atoms with Crippen molar-refractivity contribution in [1.29, 1.82) is 0 Å². The number of aromatic nitrogens is 2. The fourth-order valence-electron chi connectivity index (χ4n) is 2.78. The molecule has 3 aromatic rings. The van der Waals surface area contributed by atoms with Gasteiger partial charge in [0.15, 0.2) is 0 Å². The van der Waals surface area contributed by atoms with Crippen molar-refractivity contribution in [3.05, 3.63) is 65.0 Å². The Labute approximate surface area is 149 Å². The Balaban J connectivity index is 1.84. The van der Waals surface area contributed by atoms with Crippen molar-refractivity contribution in [3.63, 3.8) is 0 Å². The number of benzene rings is 2. The van der Waals surface area contributed by atoms with E-state index in [9.17, 15) is 13.6 Å². The molecule has 0 aliphatic rings. The Hall–Kier alpha value is -2.80. The topological polar surface area (TPSA) is 72.9 Å². The Bertz CT molecular complexity index is 968. The van der Waals surface area contributed by atoms with E-state index in [1.807, 2.05) is 29.8 Å². The van der Waals surface area contributed by atoms with Gasteiger partial charge in [-0.2, -0.15) is 0 Å². The molecule has 0 unspecified atom stereocenters. The molecule has 0 saturated carbocycles. The van der Waals surface area contributed by atoms with Crippen molar-refractivity contribution in [2.75, 3.05) is 0 Å². The number of hydrogen-bond donors (Lipinski definition) is 2. The van der Waals surface area contributed by atoms with Gasteiger partial charge in [-0.05, 0) is 36.2 Å². The van der Waals surface area contributed by atoms with Crippen molar-refractivity contribution in [2.24, 2.45) is 12.8 Å². The molecule has 1 heterocycles. The number of rotatable bonds is 6. The van der Waals surface area contributed by atoms with E-state index in [-0.39, 0.29) is 0 Å². The average molecular weight is 358 g/mol. The highest BCUT2D eigenvalue weighted by atomic mass is 19.1. The number of carbonyl (C=O) groups is 1. The molecule has 0 fully saturated rings. The summed E-state index contributed by atoms with van der Waals surface area (Å²) in [6, 6.07) is 8.83. The minimum atomic E-state index is -0.587. The Morgan fingerprint density at radius 1 is 1.27 bits per heavy atom. The third kappa shape index (κ3) is 3.72. The van der Waals surface area contributed by atoms with Crippen LogP contribution in [-0.2, 0) is 24.8 Å². The van der Waals surface area contributed by atoms with Gasteiger partial charge in [0.1, 0.15) is 17.5 Å². The summed E-state index contributed by atoms with van der Waals surface area (Å²) in [5.41, 5.74) is 8.28. The largest absolute Gasteiger partial charge is 0.368 e. The Kier molecular flexibility index (Phi) is 4.99. The lowest BCUT2D eigenvalue weighted by Gasteiger charge is -2.09. The molecule has 0 bridgehead atoms. The van der Waals surface area contributed by atoms with Crippen molar-refractivity contribution in [3.8, 4) is 0 Å². The van der Waals surface area contributed by atoms with E-state index >= 15 is 0 Å². The molecule has 5 nitrogen and oxygen atoms in total. The number of amides is 1. The second-order valence-corrected chi connectivity index (χ2v) is 6.33. The molecule has 0 radical (unpaired) electrons. The summed E-state index contributed by atoms with van der Waals surface area (Å²) in [4.78, 5) is 15.7. The van der Waals surface area contributed by atoms with E-state index in [1.54, 1.807) is 6.92 Å². The first kappa shape index (κ1) is 18.0. The number of aryl methyl sites for hydroxylation is 1. The van der Waals surface area contributed by atoms with Gasteiger partial charge in [0.05, 0.1) is 23.6 Å². The van der Waals surface area contributed by atoms with Crippen LogP contribution in [0.4, 0.5) is 8.78 Å². The maximum absolute atomic E-state index is 13.9. The molecule has 26 heavy (non-hydrogen) atoms. The molecule has 3 N–H and O–H groups in total. The molecule has 1 amide bonds. The van der Waals surface area contributed by atoms with Gasteiger partial charge in [0, 0.05) is 19.5 Å². The third-order valence-corrected chi connectivity index (χ3v) is 4.44. The highest BCUT2D eigenvalue weighted by Crippen LogP contribution is 2.20. The van der Waals surface area contributed by atoms with Crippen LogP contribution >= 0.6 is 0 Å². The molecular weight excluding hydrogens is 338 g/mol. The van der Waals surface area contributed by atoms with Crippen molar-refractivity contribution >= 4 is 16.9 Å². The zero-order valence-electron chi connectivity index (χ0n) is 14.6. The summed E-state index contributed by atoms with van der Waals surface area (Å²) in [6.07, 6.45) is 0.361. The molecule has 3 rings (SSSR count). The van der Waals surface area contributed by atoms with Gasteiger partial charge in [0.2, 0.25) is 5.91 Å². The highest BCUT2D eigenvalue weighted by molar-refractivity contribution is 5.79. The van der Waals surface area contributed by atoms with E-state index in [0.29, 0.717) is 18.5 Å². The molecule has 136 valence electrons. The summed E-state index contributed by atoms with van der Waals surface area (Å²) in [7, 11) is 1.88. The van der Waals surface area contributed by atoms with Crippen LogP contribution in [-0.4, -0.2) is 21.5 Å². The fraction of sp³-hybridized carbons (Fsp3) is 0.263. The molecule has 0 aliphatic heterocycles. The van der Waals surface area contributed by atoms with Gasteiger partial charge in [-0.1, -0.05) is 12.1 Å². The van der Waals surface area contributed by atoms with E-state index in [4.69, 9.17) is 5.73 Å².